The lowest BCUT2D eigenvalue weighted by Crippen LogP contribution is -2.37. The van der Waals surface area contributed by atoms with Crippen molar-refractivity contribution in [3.8, 4) is 0 Å². The Balaban J connectivity index is 2.13. The maximum Gasteiger partial charge on any atom is 0.150 e. The van der Waals surface area contributed by atoms with Gasteiger partial charge < -0.3 is 9.47 Å². The molecule has 0 aliphatic carbocycles. The third kappa shape index (κ3) is 2.64. The highest BCUT2D eigenvalue weighted by atomic mass is 16.7. The van der Waals surface area contributed by atoms with Gasteiger partial charge in [0.15, 0.2) is 0 Å². The fourth-order valence-electron chi connectivity index (χ4n) is 1.05. The Morgan fingerprint density at radius 1 is 1.30 bits per heavy atom. The molecule has 1 aliphatic heterocycles. The summed E-state index contributed by atoms with van der Waals surface area (Å²) in [7, 11) is 0. The average molecular weight is 145 g/mol. The zero-order chi connectivity index (χ0) is 7.40. The summed E-state index contributed by atoms with van der Waals surface area (Å²) in [6.45, 7) is 7.33. The van der Waals surface area contributed by atoms with Gasteiger partial charge in [0.1, 0.15) is 20.3 Å². The molecule has 0 aromatic rings. The van der Waals surface area contributed by atoms with Crippen molar-refractivity contribution in [2.75, 3.05) is 26.8 Å². The molecule has 60 valence electrons. The molecule has 1 rings (SSSR count). The zero-order valence-corrected chi connectivity index (χ0v) is 6.67. The fraction of sp³-hybridized carbons (Fsp3) is 1.00. The van der Waals surface area contributed by atoms with E-state index in [9.17, 15) is 0 Å². The first-order valence-electron chi connectivity index (χ1n) is 3.67. The highest BCUT2D eigenvalue weighted by Gasteiger charge is 2.10. The van der Waals surface area contributed by atoms with Crippen molar-refractivity contribution in [1.29, 1.82) is 0 Å². The maximum absolute atomic E-state index is 5.09. The van der Waals surface area contributed by atoms with E-state index >= 15 is 0 Å². The van der Waals surface area contributed by atoms with Gasteiger partial charge in [-0.3, -0.25) is 4.90 Å². The average Bonchev–Trinajstić information content (AvgIpc) is 1.88. The maximum atomic E-state index is 5.09. The first-order chi connectivity index (χ1) is 4.79. The Labute approximate surface area is 61.9 Å². The molecule has 3 heteroatoms. The first kappa shape index (κ1) is 7.98. The molecule has 0 N–H and O–H groups in total. The van der Waals surface area contributed by atoms with Crippen LogP contribution >= 0.6 is 0 Å². The Kier molecular flexibility index (Phi) is 3.12. The lowest BCUT2D eigenvalue weighted by molar-refractivity contribution is -0.184. The molecule has 0 amide bonds. The lowest BCUT2D eigenvalue weighted by atomic mass is 10.2. The molecule has 0 bridgehead atoms. The lowest BCUT2D eigenvalue weighted by Gasteiger charge is -2.27. The van der Waals surface area contributed by atoms with Crippen molar-refractivity contribution < 1.29 is 9.47 Å². The molecule has 1 fully saturated rings. The third-order valence-electron chi connectivity index (χ3n) is 1.34. The van der Waals surface area contributed by atoms with Gasteiger partial charge in [-0.05, 0) is 5.92 Å². The van der Waals surface area contributed by atoms with Crippen molar-refractivity contribution in [1.82, 2.24) is 4.90 Å². The Morgan fingerprint density at radius 3 is 2.40 bits per heavy atom. The molecule has 0 spiro atoms. The summed E-state index contributed by atoms with van der Waals surface area (Å²) in [4.78, 5) is 2.15. The van der Waals surface area contributed by atoms with Crippen LogP contribution in [0.2, 0.25) is 0 Å². The minimum absolute atomic E-state index is 0.453. The van der Waals surface area contributed by atoms with Gasteiger partial charge in [0.05, 0.1) is 0 Å². The third-order valence-corrected chi connectivity index (χ3v) is 1.34. The van der Waals surface area contributed by atoms with E-state index in [4.69, 9.17) is 9.47 Å². The van der Waals surface area contributed by atoms with Crippen LogP contribution in [0.1, 0.15) is 13.8 Å². The van der Waals surface area contributed by atoms with E-state index in [1.807, 2.05) is 0 Å². The van der Waals surface area contributed by atoms with Gasteiger partial charge in [-0.1, -0.05) is 13.8 Å². The van der Waals surface area contributed by atoms with Crippen molar-refractivity contribution in [2.24, 2.45) is 5.92 Å². The van der Waals surface area contributed by atoms with E-state index in [0.717, 1.165) is 20.0 Å². The van der Waals surface area contributed by atoms with Crippen LogP contribution in [-0.4, -0.2) is 31.7 Å². The molecule has 1 aliphatic rings. The predicted molar refractivity (Wildman–Crippen MR) is 38.3 cm³/mol. The largest absolute Gasteiger partial charge is 0.340 e. The Bertz CT molecular complexity index is 89.6. The van der Waals surface area contributed by atoms with Gasteiger partial charge in [-0.15, -0.1) is 0 Å². The standard InChI is InChI=1S/C7H15NO2/c1-7(2)3-8-4-9-6-10-5-8/h7H,3-6H2,1-2H3. The van der Waals surface area contributed by atoms with E-state index in [2.05, 4.69) is 18.7 Å². The van der Waals surface area contributed by atoms with E-state index in [1.54, 1.807) is 0 Å². The second kappa shape index (κ2) is 3.91. The molecule has 0 atom stereocenters. The van der Waals surface area contributed by atoms with E-state index in [-0.39, 0.29) is 0 Å². The number of nitrogens with zero attached hydrogens (tertiary/aromatic N) is 1. The minimum Gasteiger partial charge on any atom is -0.340 e. The number of hydrogen-bond donors (Lipinski definition) is 0. The van der Waals surface area contributed by atoms with Crippen molar-refractivity contribution in [3.05, 3.63) is 0 Å². The van der Waals surface area contributed by atoms with Crippen LogP contribution in [0.5, 0.6) is 0 Å². The van der Waals surface area contributed by atoms with Crippen LogP contribution in [0.4, 0.5) is 0 Å². The summed E-state index contributed by atoms with van der Waals surface area (Å²) >= 11 is 0. The van der Waals surface area contributed by atoms with Crippen LogP contribution in [0, 0.1) is 5.92 Å². The molecule has 1 heterocycles. The van der Waals surface area contributed by atoms with Gasteiger partial charge in [0, 0.05) is 6.54 Å². The predicted octanol–water partition coefficient (Wildman–Crippen LogP) is 0.864. The van der Waals surface area contributed by atoms with Crippen molar-refractivity contribution in [3.63, 3.8) is 0 Å². The summed E-state index contributed by atoms with van der Waals surface area (Å²) in [6, 6.07) is 0. The normalized spacial score (nSPS) is 21.9. The quantitative estimate of drug-likeness (QED) is 0.575. The van der Waals surface area contributed by atoms with Gasteiger partial charge in [-0.25, -0.2) is 0 Å². The number of ether oxygens (including phenoxy) is 2. The molecule has 0 aromatic heterocycles. The first-order valence-corrected chi connectivity index (χ1v) is 3.67. The summed E-state index contributed by atoms with van der Waals surface area (Å²) in [5.41, 5.74) is 0. The van der Waals surface area contributed by atoms with Gasteiger partial charge in [-0.2, -0.15) is 0 Å². The molecular weight excluding hydrogens is 130 g/mol. The highest BCUT2D eigenvalue weighted by molar-refractivity contribution is 4.52. The molecule has 1 saturated heterocycles. The van der Waals surface area contributed by atoms with Gasteiger partial charge >= 0.3 is 0 Å². The second-order valence-corrected chi connectivity index (χ2v) is 3.03. The number of rotatable bonds is 2. The monoisotopic (exact) mass is 145 g/mol. The molecule has 3 nitrogen and oxygen atoms in total. The molecule has 0 aromatic carbocycles. The molecule has 0 saturated carbocycles. The van der Waals surface area contributed by atoms with Crippen LogP contribution in [0.15, 0.2) is 0 Å². The van der Waals surface area contributed by atoms with Crippen LogP contribution in [-0.2, 0) is 9.47 Å². The van der Waals surface area contributed by atoms with Gasteiger partial charge in [0.2, 0.25) is 0 Å². The SMILES string of the molecule is CC(C)CN1COCOC1. The van der Waals surface area contributed by atoms with Crippen LogP contribution < -0.4 is 0 Å². The van der Waals surface area contributed by atoms with Crippen LogP contribution in [0.3, 0.4) is 0 Å². The minimum atomic E-state index is 0.453. The van der Waals surface area contributed by atoms with Crippen molar-refractivity contribution >= 4 is 0 Å². The zero-order valence-electron chi connectivity index (χ0n) is 6.67. The smallest absolute Gasteiger partial charge is 0.150 e. The summed E-state index contributed by atoms with van der Waals surface area (Å²) < 4.78 is 10.2. The van der Waals surface area contributed by atoms with Gasteiger partial charge in [0.25, 0.3) is 0 Å². The van der Waals surface area contributed by atoms with Crippen molar-refractivity contribution in [2.45, 2.75) is 13.8 Å². The molecule has 0 unspecified atom stereocenters. The number of hydrogen-bond acceptors (Lipinski definition) is 3. The topological polar surface area (TPSA) is 21.7 Å². The fourth-order valence-corrected chi connectivity index (χ4v) is 1.05. The molecular formula is C7H15NO2. The van der Waals surface area contributed by atoms with E-state index in [0.29, 0.717) is 12.7 Å². The highest BCUT2D eigenvalue weighted by Crippen LogP contribution is 2.02. The summed E-state index contributed by atoms with van der Waals surface area (Å²) in [5, 5.41) is 0. The summed E-state index contributed by atoms with van der Waals surface area (Å²) in [6.07, 6.45) is 0. The summed E-state index contributed by atoms with van der Waals surface area (Å²) in [5.74, 6) is 0.685. The molecule has 10 heavy (non-hydrogen) atoms. The van der Waals surface area contributed by atoms with E-state index in [1.165, 1.54) is 0 Å². The molecule has 0 radical (unpaired) electrons. The Hall–Kier alpha value is -0.120. The van der Waals surface area contributed by atoms with Crippen LogP contribution in [0.25, 0.3) is 0 Å². The van der Waals surface area contributed by atoms with E-state index < -0.39 is 0 Å². The second-order valence-electron chi connectivity index (χ2n) is 3.03. The Morgan fingerprint density at radius 2 is 1.90 bits per heavy atom.